The van der Waals surface area contributed by atoms with Gasteiger partial charge in [-0.15, -0.1) is 0 Å². The maximum absolute atomic E-state index is 13.2. The fraction of sp³-hybridized carbons (Fsp3) is 0.346. The Kier molecular flexibility index (Phi) is 8.72. The lowest BCUT2D eigenvalue weighted by Crippen LogP contribution is -2.53. The topological polar surface area (TPSA) is 103 Å². The first-order valence-corrected chi connectivity index (χ1v) is 11.5. The maximum Gasteiger partial charge on any atom is 0.331 e. The van der Waals surface area contributed by atoms with E-state index in [2.05, 4.69) is 5.32 Å². The van der Waals surface area contributed by atoms with Gasteiger partial charge < -0.3 is 18.9 Å². The summed E-state index contributed by atoms with van der Waals surface area (Å²) in [5.74, 6) is 0.667. The first-order chi connectivity index (χ1) is 16.9. The average Bonchev–Trinajstić information content (AvgIpc) is 2.85. The molecule has 1 fully saturated rings. The second kappa shape index (κ2) is 11.9. The van der Waals surface area contributed by atoms with Crippen molar-refractivity contribution in [1.82, 2.24) is 10.2 Å². The summed E-state index contributed by atoms with van der Waals surface area (Å²) in [6.07, 6.45) is 2.27. The van der Waals surface area contributed by atoms with Gasteiger partial charge in [0.25, 0.3) is 11.8 Å². The zero-order chi connectivity index (χ0) is 25.4. The van der Waals surface area contributed by atoms with Gasteiger partial charge >= 0.3 is 6.03 Å². The number of hydrogen-bond acceptors (Lipinski definition) is 7. The molecule has 186 valence electrons. The number of rotatable bonds is 11. The molecule has 1 aliphatic rings. The van der Waals surface area contributed by atoms with Crippen LogP contribution < -0.4 is 24.3 Å². The van der Waals surface area contributed by atoms with Gasteiger partial charge in [0.1, 0.15) is 5.57 Å². The van der Waals surface area contributed by atoms with Crippen LogP contribution in [0.2, 0.25) is 0 Å². The fourth-order valence-corrected chi connectivity index (χ4v) is 3.49. The van der Waals surface area contributed by atoms with Gasteiger partial charge in [-0.3, -0.25) is 19.8 Å². The number of imide groups is 2. The molecule has 0 bridgehead atoms. The van der Waals surface area contributed by atoms with Gasteiger partial charge in [0.05, 0.1) is 33.5 Å². The van der Waals surface area contributed by atoms with Crippen molar-refractivity contribution in [3.8, 4) is 23.0 Å². The van der Waals surface area contributed by atoms with Gasteiger partial charge in [0.2, 0.25) is 0 Å². The van der Waals surface area contributed by atoms with Crippen LogP contribution in [0, 0.1) is 0 Å². The predicted molar refractivity (Wildman–Crippen MR) is 130 cm³/mol. The van der Waals surface area contributed by atoms with E-state index in [1.54, 1.807) is 36.4 Å². The molecule has 0 saturated carbocycles. The van der Waals surface area contributed by atoms with E-state index in [0.717, 1.165) is 11.3 Å². The molecule has 1 N–H and O–H groups in total. The van der Waals surface area contributed by atoms with Crippen molar-refractivity contribution < 1.29 is 33.3 Å². The summed E-state index contributed by atoms with van der Waals surface area (Å²) in [6, 6.07) is 9.49. The molecule has 1 heterocycles. The normalized spacial score (nSPS) is 14.7. The van der Waals surface area contributed by atoms with Crippen molar-refractivity contribution in [2.75, 3.05) is 26.9 Å². The molecule has 35 heavy (non-hydrogen) atoms. The molecule has 3 rings (SSSR count). The first kappa shape index (κ1) is 25.6. The fourth-order valence-electron chi connectivity index (χ4n) is 3.49. The number of carbonyl (C=O) groups excluding carboxylic acids is 3. The summed E-state index contributed by atoms with van der Waals surface area (Å²) in [6.45, 7) is 7.09. The van der Waals surface area contributed by atoms with Gasteiger partial charge in [0, 0.05) is 0 Å². The summed E-state index contributed by atoms with van der Waals surface area (Å²) in [5, 5.41) is 2.24. The lowest BCUT2D eigenvalue weighted by molar-refractivity contribution is -0.130. The SMILES string of the molecule is CCCOc1ccc(CN2C(=O)NC(=O)/C(=C/c3ccc(OCC)c(OCC)c3)C2=O)cc1OC. The van der Waals surface area contributed by atoms with E-state index in [-0.39, 0.29) is 12.1 Å². The molecular formula is C26H30N2O7. The minimum absolute atomic E-state index is 0.0484. The molecule has 0 aromatic heterocycles. The summed E-state index contributed by atoms with van der Waals surface area (Å²) in [7, 11) is 1.52. The maximum atomic E-state index is 13.2. The van der Waals surface area contributed by atoms with Gasteiger partial charge in [-0.1, -0.05) is 19.1 Å². The van der Waals surface area contributed by atoms with Crippen LogP contribution in [0.25, 0.3) is 6.08 Å². The van der Waals surface area contributed by atoms with Crippen LogP contribution in [0.4, 0.5) is 4.79 Å². The Labute approximate surface area is 204 Å². The molecule has 4 amide bonds. The molecule has 9 nitrogen and oxygen atoms in total. The Balaban J connectivity index is 1.87. The van der Waals surface area contributed by atoms with Gasteiger partial charge in [-0.05, 0) is 61.7 Å². The largest absolute Gasteiger partial charge is 0.493 e. The quantitative estimate of drug-likeness (QED) is 0.382. The highest BCUT2D eigenvalue weighted by Crippen LogP contribution is 2.31. The highest BCUT2D eigenvalue weighted by atomic mass is 16.5. The molecule has 1 saturated heterocycles. The number of benzene rings is 2. The third-order valence-corrected chi connectivity index (χ3v) is 5.09. The zero-order valence-corrected chi connectivity index (χ0v) is 20.4. The number of ether oxygens (including phenoxy) is 4. The highest BCUT2D eigenvalue weighted by molar-refractivity contribution is 6.30. The Hall–Kier alpha value is -4.01. The third-order valence-electron chi connectivity index (χ3n) is 5.09. The second-order valence-corrected chi connectivity index (χ2v) is 7.61. The molecule has 9 heteroatoms. The van der Waals surface area contributed by atoms with Crippen LogP contribution in [0.5, 0.6) is 23.0 Å². The molecule has 0 spiro atoms. The molecule has 0 atom stereocenters. The number of urea groups is 1. The van der Waals surface area contributed by atoms with Crippen molar-refractivity contribution in [3.63, 3.8) is 0 Å². The number of carbonyl (C=O) groups is 3. The van der Waals surface area contributed by atoms with Crippen LogP contribution in [0.3, 0.4) is 0 Å². The van der Waals surface area contributed by atoms with E-state index in [9.17, 15) is 14.4 Å². The van der Waals surface area contributed by atoms with E-state index < -0.39 is 17.8 Å². The summed E-state index contributed by atoms with van der Waals surface area (Å²) in [5.41, 5.74) is 1.04. The van der Waals surface area contributed by atoms with E-state index in [1.165, 1.54) is 13.2 Å². The third kappa shape index (κ3) is 6.11. The number of nitrogens with zero attached hydrogens (tertiary/aromatic N) is 1. The Morgan fingerprint density at radius 2 is 1.54 bits per heavy atom. The van der Waals surface area contributed by atoms with Gasteiger partial charge in [-0.2, -0.15) is 0 Å². The van der Waals surface area contributed by atoms with Crippen LogP contribution in [0.15, 0.2) is 42.0 Å². The Morgan fingerprint density at radius 1 is 0.857 bits per heavy atom. The number of methoxy groups -OCH3 is 1. The lowest BCUT2D eigenvalue weighted by atomic mass is 10.1. The van der Waals surface area contributed by atoms with Gasteiger partial charge in [-0.25, -0.2) is 4.79 Å². The number of hydrogen-bond donors (Lipinski definition) is 1. The number of nitrogens with one attached hydrogen (secondary N) is 1. The standard InChI is InChI=1S/C26H30N2O7/c1-5-12-35-20-11-9-18(15-22(20)32-4)16-28-25(30)19(24(29)27-26(28)31)13-17-8-10-21(33-6-2)23(14-17)34-7-3/h8-11,13-15H,5-7,12,16H2,1-4H3,(H,27,29,31)/b19-13-. The van der Waals surface area contributed by atoms with Crippen molar-refractivity contribution >= 4 is 23.9 Å². The summed E-state index contributed by atoms with van der Waals surface area (Å²) < 4.78 is 22.2. The van der Waals surface area contributed by atoms with Crippen molar-refractivity contribution in [2.45, 2.75) is 33.7 Å². The minimum atomic E-state index is -0.788. The highest BCUT2D eigenvalue weighted by Gasteiger charge is 2.35. The molecule has 0 unspecified atom stereocenters. The first-order valence-electron chi connectivity index (χ1n) is 11.5. The second-order valence-electron chi connectivity index (χ2n) is 7.61. The average molecular weight is 483 g/mol. The van der Waals surface area contributed by atoms with Gasteiger partial charge in [0.15, 0.2) is 23.0 Å². The summed E-state index contributed by atoms with van der Waals surface area (Å²) >= 11 is 0. The van der Waals surface area contributed by atoms with E-state index >= 15 is 0 Å². The van der Waals surface area contributed by atoms with Crippen LogP contribution >= 0.6 is 0 Å². The minimum Gasteiger partial charge on any atom is -0.493 e. The molecular weight excluding hydrogens is 452 g/mol. The zero-order valence-electron chi connectivity index (χ0n) is 20.4. The Morgan fingerprint density at radius 3 is 2.23 bits per heavy atom. The van der Waals surface area contributed by atoms with Crippen molar-refractivity contribution in [3.05, 3.63) is 53.1 Å². The van der Waals surface area contributed by atoms with Crippen LogP contribution in [-0.4, -0.2) is 49.7 Å². The molecule has 2 aromatic rings. The lowest BCUT2D eigenvalue weighted by Gasteiger charge is -2.26. The molecule has 1 aliphatic heterocycles. The number of amides is 4. The van der Waals surface area contributed by atoms with Crippen molar-refractivity contribution in [2.24, 2.45) is 0 Å². The molecule has 0 radical (unpaired) electrons. The van der Waals surface area contributed by atoms with Crippen LogP contribution in [0.1, 0.15) is 38.3 Å². The molecule has 0 aliphatic carbocycles. The smallest absolute Gasteiger partial charge is 0.331 e. The predicted octanol–water partition coefficient (Wildman–Crippen LogP) is 3.94. The van der Waals surface area contributed by atoms with Crippen molar-refractivity contribution in [1.29, 1.82) is 0 Å². The number of barbiturate groups is 1. The van der Waals surface area contributed by atoms with E-state index in [4.69, 9.17) is 18.9 Å². The molecule has 2 aromatic carbocycles. The monoisotopic (exact) mass is 482 g/mol. The van der Waals surface area contributed by atoms with Crippen LogP contribution in [-0.2, 0) is 16.1 Å². The van der Waals surface area contributed by atoms with E-state index in [1.807, 2.05) is 20.8 Å². The van der Waals surface area contributed by atoms with E-state index in [0.29, 0.717) is 53.9 Å². The Bertz CT molecular complexity index is 1130. The summed E-state index contributed by atoms with van der Waals surface area (Å²) in [4.78, 5) is 39.1.